The standard InChI is InChI=1S/C7H15NO.ClH/c1-7(8)4-2-6(9)3-5-7;/h6,9H,2-5,8H2,1H3;1H/t6-,7+;. The maximum atomic E-state index is 9.09. The molecule has 3 heteroatoms. The quantitative estimate of drug-likeness (QED) is 0.564. The van der Waals surface area contributed by atoms with Crippen molar-refractivity contribution in [3.05, 3.63) is 0 Å². The summed E-state index contributed by atoms with van der Waals surface area (Å²) in [5, 5.41) is 9.09. The first-order valence-corrected chi connectivity index (χ1v) is 3.57. The molecule has 0 aromatic carbocycles. The van der Waals surface area contributed by atoms with Crippen molar-refractivity contribution in [3.8, 4) is 0 Å². The van der Waals surface area contributed by atoms with Gasteiger partial charge in [0.15, 0.2) is 0 Å². The Bertz CT molecular complexity index is 95.8. The van der Waals surface area contributed by atoms with E-state index in [4.69, 9.17) is 10.8 Å². The Kier molecular flexibility index (Phi) is 3.63. The Balaban J connectivity index is 0.000000810. The zero-order valence-electron chi connectivity index (χ0n) is 6.34. The molecule has 0 amide bonds. The average Bonchev–Trinajstić information content (AvgIpc) is 1.78. The van der Waals surface area contributed by atoms with Crippen LogP contribution in [0.15, 0.2) is 0 Å². The molecule has 1 fully saturated rings. The van der Waals surface area contributed by atoms with E-state index < -0.39 is 0 Å². The van der Waals surface area contributed by atoms with Gasteiger partial charge in [-0.05, 0) is 32.6 Å². The largest absolute Gasteiger partial charge is 0.393 e. The van der Waals surface area contributed by atoms with Crippen molar-refractivity contribution < 1.29 is 5.11 Å². The van der Waals surface area contributed by atoms with Gasteiger partial charge >= 0.3 is 0 Å². The van der Waals surface area contributed by atoms with Gasteiger partial charge in [0.1, 0.15) is 0 Å². The molecule has 0 aromatic heterocycles. The van der Waals surface area contributed by atoms with E-state index in [1.807, 2.05) is 0 Å². The van der Waals surface area contributed by atoms with Gasteiger partial charge in [0.2, 0.25) is 0 Å². The van der Waals surface area contributed by atoms with Gasteiger partial charge in [0.05, 0.1) is 6.10 Å². The van der Waals surface area contributed by atoms with E-state index in [9.17, 15) is 0 Å². The van der Waals surface area contributed by atoms with Crippen LogP contribution in [-0.2, 0) is 0 Å². The van der Waals surface area contributed by atoms with E-state index in [1.54, 1.807) is 0 Å². The number of aliphatic hydroxyl groups excluding tert-OH is 1. The lowest BCUT2D eigenvalue weighted by Gasteiger charge is -2.31. The topological polar surface area (TPSA) is 46.2 Å². The van der Waals surface area contributed by atoms with Crippen LogP contribution in [-0.4, -0.2) is 16.7 Å². The first kappa shape index (κ1) is 10.2. The third-order valence-corrected chi connectivity index (χ3v) is 2.10. The molecule has 0 atom stereocenters. The van der Waals surface area contributed by atoms with E-state index in [1.165, 1.54) is 0 Å². The third kappa shape index (κ3) is 2.86. The fourth-order valence-electron chi connectivity index (χ4n) is 1.26. The van der Waals surface area contributed by atoms with E-state index in [-0.39, 0.29) is 24.0 Å². The highest BCUT2D eigenvalue weighted by atomic mass is 35.5. The maximum absolute atomic E-state index is 9.09. The van der Waals surface area contributed by atoms with Gasteiger partial charge in [0.25, 0.3) is 0 Å². The number of halogens is 1. The van der Waals surface area contributed by atoms with E-state index in [2.05, 4.69) is 6.92 Å². The molecule has 0 bridgehead atoms. The molecule has 0 aliphatic heterocycles. The van der Waals surface area contributed by atoms with E-state index in [0.717, 1.165) is 25.7 Å². The molecule has 0 unspecified atom stereocenters. The number of hydrogen-bond acceptors (Lipinski definition) is 2. The lowest BCUT2D eigenvalue weighted by atomic mass is 9.83. The van der Waals surface area contributed by atoms with Gasteiger partial charge in [-0.3, -0.25) is 0 Å². The SMILES string of the molecule is C[C@]1(N)CC[C@@H](O)CC1.Cl. The van der Waals surface area contributed by atoms with Gasteiger partial charge in [-0.15, -0.1) is 12.4 Å². The van der Waals surface area contributed by atoms with Crippen LogP contribution in [0.4, 0.5) is 0 Å². The second kappa shape index (κ2) is 3.56. The first-order chi connectivity index (χ1) is 4.10. The highest BCUT2D eigenvalue weighted by molar-refractivity contribution is 5.85. The predicted molar refractivity (Wildman–Crippen MR) is 44.3 cm³/mol. The minimum atomic E-state index is -0.0818. The second-order valence-electron chi connectivity index (χ2n) is 3.39. The zero-order valence-corrected chi connectivity index (χ0v) is 7.16. The van der Waals surface area contributed by atoms with Crippen LogP contribution >= 0.6 is 12.4 Å². The minimum absolute atomic E-state index is 0. The summed E-state index contributed by atoms with van der Waals surface area (Å²) < 4.78 is 0. The normalized spacial score (nSPS) is 40.5. The molecule has 0 heterocycles. The fraction of sp³-hybridized carbons (Fsp3) is 1.00. The Morgan fingerprint density at radius 1 is 1.40 bits per heavy atom. The number of hydrogen-bond donors (Lipinski definition) is 2. The van der Waals surface area contributed by atoms with Crippen molar-refractivity contribution in [2.75, 3.05) is 0 Å². The summed E-state index contributed by atoms with van der Waals surface area (Å²) >= 11 is 0. The van der Waals surface area contributed by atoms with Crippen LogP contribution in [0.2, 0.25) is 0 Å². The van der Waals surface area contributed by atoms with Crippen molar-refractivity contribution in [3.63, 3.8) is 0 Å². The first-order valence-electron chi connectivity index (χ1n) is 3.57. The Morgan fingerprint density at radius 2 is 1.80 bits per heavy atom. The highest BCUT2D eigenvalue weighted by Gasteiger charge is 2.25. The summed E-state index contributed by atoms with van der Waals surface area (Å²) in [5.74, 6) is 0. The lowest BCUT2D eigenvalue weighted by molar-refractivity contribution is 0.102. The molecule has 1 aliphatic carbocycles. The van der Waals surface area contributed by atoms with Crippen LogP contribution in [0.25, 0.3) is 0 Å². The predicted octanol–water partition coefficient (Wildman–Crippen LogP) is 1.06. The molecule has 2 nitrogen and oxygen atoms in total. The highest BCUT2D eigenvalue weighted by Crippen LogP contribution is 2.25. The van der Waals surface area contributed by atoms with Gasteiger partial charge in [-0.25, -0.2) is 0 Å². The molecule has 0 radical (unpaired) electrons. The van der Waals surface area contributed by atoms with E-state index >= 15 is 0 Å². The molecule has 62 valence electrons. The second-order valence-corrected chi connectivity index (χ2v) is 3.39. The van der Waals surface area contributed by atoms with Crippen LogP contribution in [0, 0.1) is 0 Å². The molecular weight excluding hydrogens is 150 g/mol. The summed E-state index contributed by atoms with van der Waals surface area (Å²) in [6, 6.07) is 0. The van der Waals surface area contributed by atoms with Crippen LogP contribution < -0.4 is 5.73 Å². The summed E-state index contributed by atoms with van der Waals surface area (Å²) in [7, 11) is 0. The van der Waals surface area contributed by atoms with Gasteiger partial charge < -0.3 is 10.8 Å². The molecular formula is C7H16ClNO. The number of aliphatic hydroxyl groups is 1. The van der Waals surface area contributed by atoms with Crippen LogP contribution in [0.3, 0.4) is 0 Å². The molecule has 1 saturated carbocycles. The maximum Gasteiger partial charge on any atom is 0.0541 e. The molecule has 1 rings (SSSR count). The molecule has 0 aromatic rings. The van der Waals surface area contributed by atoms with Gasteiger partial charge in [-0.2, -0.15) is 0 Å². The lowest BCUT2D eigenvalue weighted by Crippen LogP contribution is -2.41. The average molecular weight is 166 g/mol. The smallest absolute Gasteiger partial charge is 0.0541 e. The monoisotopic (exact) mass is 165 g/mol. The Labute approximate surface area is 68.2 Å². The minimum Gasteiger partial charge on any atom is -0.393 e. The fourth-order valence-corrected chi connectivity index (χ4v) is 1.26. The molecule has 3 N–H and O–H groups in total. The van der Waals surface area contributed by atoms with Gasteiger partial charge in [0, 0.05) is 5.54 Å². The number of nitrogens with two attached hydrogens (primary N) is 1. The summed E-state index contributed by atoms with van der Waals surface area (Å²) in [4.78, 5) is 0. The van der Waals surface area contributed by atoms with Crippen molar-refractivity contribution in [1.82, 2.24) is 0 Å². The summed E-state index contributed by atoms with van der Waals surface area (Å²) in [5.41, 5.74) is 5.83. The van der Waals surface area contributed by atoms with Crippen LogP contribution in [0.1, 0.15) is 32.6 Å². The van der Waals surface area contributed by atoms with Crippen molar-refractivity contribution in [2.24, 2.45) is 5.73 Å². The van der Waals surface area contributed by atoms with Gasteiger partial charge in [-0.1, -0.05) is 0 Å². The molecule has 10 heavy (non-hydrogen) atoms. The van der Waals surface area contributed by atoms with Crippen LogP contribution in [0.5, 0.6) is 0 Å². The Hall–Kier alpha value is 0.210. The molecule has 1 aliphatic rings. The van der Waals surface area contributed by atoms with Crippen molar-refractivity contribution >= 4 is 12.4 Å². The Morgan fingerprint density at radius 3 is 2.10 bits per heavy atom. The molecule has 0 spiro atoms. The van der Waals surface area contributed by atoms with E-state index in [0.29, 0.717) is 0 Å². The number of rotatable bonds is 0. The summed E-state index contributed by atoms with van der Waals surface area (Å²) in [6.45, 7) is 2.05. The zero-order chi connectivity index (χ0) is 6.91. The van der Waals surface area contributed by atoms with Crippen molar-refractivity contribution in [2.45, 2.75) is 44.2 Å². The summed E-state index contributed by atoms with van der Waals surface area (Å²) in [6.07, 6.45) is 3.61. The third-order valence-electron chi connectivity index (χ3n) is 2.10. The molecule has 0 saturated heterocycles. The van der Waals surface area contributed by atoms with Crippen molar-refractivity contribution in [1.29, 1.82) is 0 Å².